The Kier molecular flexibility index (Phi) is 4.28. The van der Waals surface area contributed by atoms with Crippen LogP contribution in [0.4, 0.5) is 5.82 Å². The van der Waals surface area contributed by atoms with Gasteiger partial charge in [-0.2, -0.15) is 0 Å². The molecule has 5 rings (SSSR count). The van der Waals surface area contributed by atoms with Gasteiger partial charge in [0.2, 0.25) is 0 Å². The normalized spacial score (nSPS) is 33.0. The Morgan fingerprint density at radius 1 is 1.12 bits per heavy atom. The molecule has 4 fully saturated rings. The van der Waals surface area contributed by atoms with Crippen molar-refractivity contribution in [1.29, 1.82) is 0 Å². The van der Waals surface area contributed by atoms with Crippen LogP contribution in [0.1, 0.15) is 55.8 Å². The fraction of sp³-hybridized carbons (Fsp3) is 0.667. The Labute approximate surface area is 155 Å². The Balaban J connectivity index is 1.43. The molecule has 1 aromatic heterocycles. The van der Waals surface area contributed by atoms with Crippen molar-refractivity contribution in [2.24, 2.45) is 23.2 Å². The van der Waals surface area contributed by atoms with Gasteiger partial charge in [-0.1, -0.05) is 0 Å². The summed E-state index contributed by atoms with van der Waals surface area (Å²) in [6, 6.07) is 3.48. The van der Waals surface area contributed by atoms with Crippen LogP contribution in [0, 0.1) is 23.2 Å². The van der Waals surface area contributed by atoms with Crippen molar-refractivity contribution >= 4 is 17.6 Å². The first-order chi connectivity index (χ1) is 12.4. The Hall–Kier alpha value is -1.91. The summed E-state index contributed by atoms with van der Waals surface area (Å²) in [4.78, 5) is 31.8. The van der Waals surface area contributed by atoms with E-state index in [1.54, 1.807) is 19.1 Å². The number of pyridine rings is 1. The van der Waals surface area contributed by atoms with Crippen LogP contribution < -0.4 is 4.90 Å². The molecule has 0 N–H and O–H groups in total. The van der Waals surface area contributed by atoms with Crippen LogP contribution in [-0.4, -0.2) is 36.9 Å². The summed E-state index contributed by atoms with van der Waals surface area (Å²) in [6.07, 6.45) is 7.71. The van der Waals surface area contributed by atoms with Gasteiger partial charge in [0.1, 0.15) is 5.82 Å². The number of Topliss-reactive ketones (excluding diaryl/α,β-unsaturated/α-hetero) is 1. The molecule has 1 atom stereocenters. The Morgan fingerprint density at radius 2 is 1.69 bits per heavy atom. The second-order valence-electron chi connectivity index (χ2n) is 8.91. The van der Waals surface area contributed by atoms with Crippen molar-refractivity contribution in [3.05, 3.63) is 23.9 Å². The highest BCUT2D eigenvalue weighted by molar-refractivity contribution is 5.94. The molecule has 4 saturated carbocycles. The summed E-state index contributed by atoms with van der Waals surface area (Å²) in [7, 11) is 3.79. The van der Waals surface area contributed by atoms with Gasteiger partial charge in [-0.15, -0.1) is 0 Å². The quantitative estimate of drug-likeness (QED) is 0.756. The average molecular weight is 356 g/mol. The average Bonchev–Trinajstić information content (AvgIpc) is 2.59. The molecule has 140 valence electrons. The number of nitrogens with zero attached hydrogens (tertiary/aromatic N) is 2. The second kappa shape index (κ2) is 6.36. The van der Waals surface area contributed by atoms with Gasteiger partial charge in [0.25, 0.3) is 0 Å². The van der Waals surface area contributed by atoms with Gasteiger partial charge in [-0.05, 0) is 75.3 Å². The smallest absolute Gasteiger partial charge is 0.340 e. The molecule has 4 bridgehead atoms. The predicted molar refractivity (Wildman–Crippen MR) is 99.1 cm³/mol. The van der Waals surface area contributed by atoms with Crippen molar-refractivity contribution in [2.45, 2.75) is 51.6 Å². The number of anilines is 1. The maximum Gasteiger partial charge on any atom is 0.340 e. The van der Waals surface area contributed by atoms with Crippen LogP contribution in [0.3, 0.4) is 0 Å². The number of esters is 1. The van der Waals surface area contributed by atoms with Gasteiger partial charge in [0.15, 0.2) is 11.9 Å². The first-order valence-corrected chi connectivity index (χ1v) is 9.75. The molecule has 0 amide bonds. The first kappa shape index (κ1) is 17.5. The third kappa shape index (κ3) is 3.01. The van der Waals surface area contributed by atoms with E-state index >= 15 is 0 Å². The highest BCUT2D eigenvalue weighted by atomic mass is 16.5. The Bertz CT molecular complexity index is 675. The minimum Gasteiger partial charge on any atom is -0.451 e. The van der Waals surface area contributed by atoms with Crippen LogP contribution in [0.5, 0.6) is 0 Å². The van der Waals surface area contributed by atoms with E-state index in [0.717, 1.165) is 25.1 Å². The lowest BCUT2D eigenvalue weighted by Gasteiger charge is -2.56. The molecular weight excluding hydrogens is 328 g/mol. The SMILES string of the molecule is C[C@H](OC(=O)c1ccc(N(C)C)nc1)C(=O)C12CC3CC(CC(C3)C1)C2. The first-order valence-electron chi connectivity index (χ1n) is 9.75. The third-order valence-corrected chi connectivity index (χ3v) is 6.66. The van der Waals surface area contributed by atoms with E-state index in [-0.39, 0.29) is 11.2 Å². The van der Waals surface area contributed by atoms with Crippen molar-refractivity contribution in [2.75, 3.05) is 19.0 Å². The summed E-state index contributed by atoms with van der Waals surface area (Å²) < 4.78 is 5.55. The van der Waals surface area contributed by atoms with Crippen LogP contribution in [0.2, 0.25) is 0 Å². The molecule has 0 radical (unpaired) electrons. The predicted octanol–water partition coefficient (Wildman–Crippen LogP) is 3.48. The number of ketones is 1. The van der Waals surface area contributed by atoms with E-state index in [1.165, 1.54) is 25.5 Å². The molecular formula is C21H28N2O3. The molecule has 0 spiro atoms. The summed E-state index contributed by atoms with van der Waals surface area (Å²) >= 11 is 0. The van der Waals surface area contributed by atoms with Crippen molar-refractivity contribution in [3.8, 4) is 0 Å². The van der Waals surface area contributed by atoms with Gasteiger partial charge < -0.3 is 9.64 Å². The maximum absolute atomic E-state index is 13.2. The molecule has 0 aromatic carbocycles. The zero-order valence-electron chi connectivity index (χ0n) is 15.9. The lowest BCUT2D eigenvalue weighted by atomic mass is 9.48. The largest absolute Gasteiger partial charge is 0.451 e. The number of hydrogen-bond acceptors (Lipinski definition) is 5. The molecule has 0 aliphatic heterocycles. The van der Waals surface area contributed by atoms with E-state index < -0.39 is 12.1 Å². The second-order valence-corrected chi connectivity index (χ2v) is 8.91. The monoisotopic (exact) mass is 356 g/mol. The molecule has 5 nitrogen and oxygen atoms in total. The van der Waals surface area contributed by atoms with Gasteiger partial charge >= 0.3 is 5.97 Å². The maximum atomic E-state index is 13.2. The summed E-state index contributed by atoms with van der Waals surface area (Å²) in [5.74, 6) is 2.57. The van der Waals surface area contributed by atoms with E-state index in [1.807, 2.05) is 19.0 Å². The van der Waals surface area contributed by atoms with Crippen LogP contribution in [0.15, 0.2) is 18.3 Å². The zero-order valence-corrected chi connectivity index (χ0v) is 15.9. The minimum atomic E-state index is -0.688. The third-order valence-electron chi connectivity index (χ3n) is 6.66. The molecule has 4 aliphatic carbocycles. The molecule has 1 heterocycles. The standard InChI is InChI=1S/C21H28N2O3/c1-13(26-20(25)17-4-5-18(22-12-17)23(2)3)19(24)21-9-14-6-15(10-21)8-16(7-14)11-21/h4-5,12-16H,6-11H2,1-3H3/t13-,14?,15?,16?,21?/m0/s1. The number of rotatable bonds is 5. The Morgan fingerprint density at radius 3 is 2.15 bits per heavy atom. The summed E-state index contributed by atoms with van der Waals surface area (Å²) in [5, 5.41) is 0. The minimum absolute atomic E-state index is 0.142. The summed E-state index contributed by atoms with van der Waals surface area (Å²) in [6.45, 7) is 1.74. The summed E-state index contributed by atoms with van der Waals surface area (Å²) in [5.41, 5.74) is 0.155. The van der Waals surface area contributed by atoms with Crippen molar-refractivity contribution in [3.63, 3.8) is 0 Å². The fourth-order valence-electron chi connectivity index (χ4n) is 5.90. The van der Waals surface area contributed by atoms with E-state index in [0.29, 0.717) is 23.3 Å². The number of hydrogen-bond donors (Lipinski definition) is 0. The molecule has 4 aliphatic rings. The fourth-order valence-corrected chi connectivity index (χ4v) is 5.90. The van der Waals surface area contributed by atoms with Gasteiger partial charge in [-0.3, -0.25) is 4.79 Å². The molecule has 5 heteroatoms. The molecule has 0 saturated heterocycles. The molecule has 0 unspecified atom stereocenters. The van der Waals surface area contributed by atoms with Gasteiger partial charge in [0.05, 0.1) is 5.56 Å². The van der Waals surface area contributed by atoms with Crippen LogP contribution >= 0.6 is 0 Å². The van der Waals surface area contributed by atoms with Gasteiger partial charge in [-0.25, -0.2) is 9.78 Å². The van der Waals surface area contributed by atoms with Crippen molar-refractivity contribution < 1.29 is 14.3 Å². The highest BCUT2D eigenvalue weighted by Crippen LogP contribution is 2.60. The number of aromatic nitrogens is 1. The topological polar surface area (TPSA) is 59.5 Å². The van der Waals surface area contributed by atoms with Crippen LogP contribution in [0.25, 0.3) is 0 Å². The molecule has 1 aromatic rings. The number of carbonyl (C=O) groups is 2. The van der Waals surface area contributed by atoms with Crippen LogP contribution in [-0.2, 0) is 9.53 Å². The number of carbonyl (C=O) groups excluding carboxylic acids is 2. The zero-order chi connectivity index (χ0) is 18.5. The number of ether oxygens (including phenoxy) is 1. The van der Waals surface area contributed by atoms with E-state index in [4.69, 9.17) is 4.74 Å². The van der Waals surface area contributed by atoms with E-state index in [2.05, 4.69) is 4.98 Å². The highest BCUT2D eigenvalue weighted by Gasteiger charge is 2.55. The lowest BCUT2D eigenvalue weighted by Crippen LogP contribution is -2.52. The lowest BCUT2D eigenvalue weighted by molar-refractivity contribution is -0.152. The van der Waals surface area contributed by atoms with Crippen molar-refractivity contribution in [1.82, 2.24) is 4.98 Å². The van der Waals surface area contributed by atoms with Gasteiger partial charge in [0, 0.05) is 25.7 Å². The van der Waals surface area contributed by atoms with E-state index in [9.17, 15) is 9.59 Å². The molecule has 26 heavy (non-hydrogen) atoms.